The zero-order chi connectivity index (χ0) is 13.7. The number of hydrogen-bond acceptors (Lipinski definition) is 7. The Morgan fingerprint density at radius 3 is 2.89 bits per heavy atom. The van der Waals surface area contributed by atoms with Crippen LogP contribution in [-0.4, -0.2) is 38.0 Å². The van der Waals surface area contributed by atoms with Crippen LogP contribution in [0, 0.1) is 0 Å². The van der Waals surface area contributed by atoms with Crippen LogP contribution in [0.25, 0.3) is 0 Å². The minimum Gasteiger partial charge on any atom is -0.374 e. The second-order valence-corrected chi connectivity index (χ2v) is 4.83. The lowest BCUT2D eigenvalue weighted by Gasteiger charge is -2.03. The number of anilines is 1. The van der Waals surface area contributed by atoms with Crippen LogP contribution in [0.15, 0.2) is 12.7 Å². The van der Waals surface area contributed by atoms with E-state index in [1.165, 1.54) is 11.3 Å². The summed E-state index contributed by atoms with van der Waals surface area (Å²) < 4.78 is 6.86. The van der Waals surface area contributed by atoms with Crippen LogP contribution < -0.4 is 5.32 Å². The Kier molecular flexibility index (Phi) is 4.53. The molecule has 1 amide bonds. The summed E-state index contributed by atoms with van der Waals surface area (Å²) >= 11 is 1.31. The summed E-state index contributed by atoms with van der Waals surface area (Å²) in [7, 11) is 1.60. The molecular formula is C10H14N6O2S. The molecule has 0 radical (unpaired) electrons. The summed E-state index contributed by atoms with van der Waals surface area (Å²) in [5, 5.41) is 19.1. The topological polar surface area (TPSA) is 94.8 Å². The molecule has 0 fully saturated rings. The molecule has 1 N–H and O–H groups in total. The van der Waals surface area contributed by atoms with E-state index in [1.807, 2.05) is 6.92 Å². The first-order valence-corrected chi connectivity index (χ1v) is 6.49. The van der Waals surface area contributed by atoms with E-state index in [0.717, 1.165) is 5.01 Å². The predicted molar refractivity (Wildman–Crippen MR) is 68.6 cm³/mol. The third-order valence-corrected chi connectivity index (χ3v) is 3.45. The molecule has 2 rings (SSSR count). The van der Waals surface area contributed by atoms with Crippen molar-refractivity contribution < 1.29 is 9.53 Å². The summed E-state index contributed by atoms with van der Waals surface area (Å²) in [6.07, 6.45) is 3.33. The molecule has 2 heterocycles. The molecule has 19 heavy (non-hydrogen) atoms. The largest absolute Gasteiger partial charge is 0.374 e. The zero-order valence-corrected chi connectivity index (χ0v) is 11.4. The Bertz CT molecular complexity index is 526. The van der Waals surface area contributed by atoms with Crippen molar-refractivity contribution >= 4 is 22.4 Å². The Balaban J connectivity index is 1.83. The Morgan fingerprint density at radius 2 is 2.21 bits per heavy atom. The molecule has 1 atom stereocenters. The molecule has 2 aromatic rings. The fourth-order valence-corrected chi connectivity index (χ4v) is 2.09. The summed E-state index contributed by atoms with van der Waals surface area (Å²) in [4.78, 5) is 11.7. The Hall–Kier alpha value is -1.87. The van der Waals surface area contributed by atoms with Crippen molar-refractivity contribution in [2.24, 2.45) is 0 Å². The maximum Gasteiger partial charge on any atom is 0.227 e. The van der Waals surface area contributed by atoms with Crippen LogP contribution in [0.5, 0.6) is 0 Å². The van der Waals surface area contributed by atoms with E-state index in [9.17, 15) is 4.79 Å². The standard InChI is InChI=1S/C10H14N6O2S/c1-7(18-2)9-14-15-10(19-9)13-8(17)3-4-16-5-11-12-6-16/h5-7H,3-4H2,1-2H3,(H,13,15,17). The first-order valence-electron chi connectivity index (χ1n) is 5.67. The van der Waals surface area contributed by atoms with Crippen molar-refractivity contribution in [1.29, 1.82) is 0 Å². The van der Waals surface area contributed by atoms with Gasteiger partial charge in [0.1, 0.15) is 23.8 Å². The summed E-state index contributed by atoms with van der Waals surface area (Å²) in [5.41, 5.74) is 0. The van der Waals surface area contributed by atoms with Gasteiger partial charge in [-0.05, 0) is 6.92 Å². The molecule has 0 aromatic carbocycles. The molecule has 0 aliphatic rings. The molecule has 0 spiro atoms. The van der Waals surface area contributed by atoms with Crippen molar-refractivity contribution in [3.05, 3.63) is 17.7 Å². The highest BCUT2D eigenvalue weighted by Gasteiger charge is 2.12. The zero-order valence-electron chi connectivity index (χ0n) is 10.6. The van der Waals surface area contributed by atoms with Crippen molar-refractivity contribution in [2.75, 3.05) is 12.4 Å². The molecule has 102 valence electrons. The fourth-order valence-electron chi connectivity index (χ4n) is 1.30. The van der Waals surface area contributed by atoms with Gasteiger partial charge < -0.3 is 14.6 Å². The first-order chi connectivity index (χ1) is 9.19. The van der Waals surface area contributed by atoms with Gasteiger partial charge in [0, 0.05) is 20.1 Å². The molecule has 0 bridgehead atoms. The Labute approximate surface area is 113 Å². The van der Waals surface area contributed by atoms with Crippen LogP contribution in [0.2, 0.25) is 0 Å². The molecule has 9 heteroatoms. The molecule has 8 nitrogen and oxygen atoms in total. The van der Waals surface area contributed by atoms with Gasteiger partial charge >= 0.3 is 0 Å². The van der Waals surface area contributed by atoms with E-state index in [1.54, 1.807) is 24.3 Å². The van der Waals surface area contributed by atoms with Crippen molar-refractivity contribution in [3.63, 3.8) is 0 Å². The average molecular weight is 282 g/mol. The molecule has 1 unspecified atom stereocenters. The number of hydrogen-bond donors (Lipinski definition) is 1. The second kappa shape index (κ2) is 6.34. The van der Waals surface area contributed by atoms with Crippen LogP contribution in [0.3, 0.4) is 0 Å². The number of aromatic nitrogens is 5. The smallest absolute Gasteiger partial charge is 0.227 e. The number of rotatable bonds is 6. The average Bonchev–Trinajstić information content (AvgIpc) is 3.06. The number of amides is 1. The van der Waals surface area contributed by atoms with Crippen LogP contribution in [-0.2, 0) is 16.1 Å². The molecule has 0 aliphatic carbocycles. The van der Waals surface area contributed by atoms with Gasteiger partial charge in [0.25, 0.3) is 0 Å². The lowest BCUT2D eigenvalue weighted by atomic mass is 10.4. The lowest BCUT2D eigenvalue weighted by Crippen LogP contribution is -2.13. The second-order valence-electron chi connectivity index (χ2n) is 3.82. The number of carbonyl (C=O) groups is 1. The van der Waals surface area contributed by atoms with E-state index in [-0.39, 0.29) is 12.0 Å². The SMILES string of the molecule is COC(C)c1nnc(NC(=O)CCn2cnnc2)s1. The monoisotopic (exact) mass is 282 g/mol. The van der Waals surface area contributed by atoms with Crippen LogP contribution in [0.4, 0.5) is 5.13 Å². The molecule has 0 aliphatic heterocycles. The number of nitrogens with zero attached hydrogens (tertiary/aromatic N) is 5. The van der Waals surface area contributed by atoms with Gasteiger partial charge in [-0.25, -0.2) is 0 Å². The highest BCUT2D eigenvalue weighted by Crippen LogP contribution is 2.23. The number of ether oxygens (including phenoxy) is 1. The first kappa shape index (κ1) is 13.6. The number of methoxy groups -OCH3 is 1. The quantitative estimate of drug-likeness (QED) is 0.844. The van der Waals surface area contributed by atoms with Crippen molar-refractivity contribution in [2.45, 2.75) is 26.0 Å². The third kappa shape index (κ3) is 3.80. The van der Waals surface area contributed by atoms with Gasteiger partial charge in [-0.2, -0.15) is 0 Å². The van der Waals surface area contributed by atoms with Crippen LogP contribution >= 0.6 is 11.3 Å². The maximum atomic E-state index is 11.7. The maximum absolute atomic E-state index is 11.7. The minimum atomic E-state index is -0.125. The van der Waals surface area contributed by atoms with Gasteiger partial charge in [-0.15, -0.1) is 20.4 Å². The Morgan fingerprint density at radius 1 is 1.47 bits per heavy atom. The number of aryl methyl sites for hydroxylation is 1. The van der Waals surface area contributed by atoms with E-state index >= 15 is 0 Å². The van der Waals surface area contributed by atoms with Crippen molar-refractivity contribution in [1.82, 2.24) is 25.0 Å². The number of carbonyl (C=O) groups excluding carboxylic acids is 1. The summed E-state index contributed by atoms with van der Waals surface area (Å²) in [6, 6.07) is 0. The highest BCUT2D eigenvalue weighted by atomic mass is 32.1. The van der Waals surface area contributed by atoms with Gasteiger partial charge in [-0.3, -0.25) is 4.79 Å². The van der Waals surface area contributed by atoms with Gasteiger partial charge in [0.2, 0.25) is 11.0 Å². The fraction of sp³-hybridized carbons (Fsp3) is 0.500. The highest BCUT2D eigenvalue weighted by molar-refractivity contribution is 7.15. The van der Waals surface area contributed by atoms with Crippen LogP contribution in [0.1, 0.15) is 24.5 Å². The van der Waals surface area contributed by atoms with Crippen molar-refractivity contribution in [3.8, 4) is 0 Å². The molecule has 0 saturated heterocycles. The predicted octanol–water partition coefficient (Wildman–Crippen LogP) is 0.866. The van der Waals surface area contributed by atoms with E-state index in [2.05, 4.69) is 25.7 Å². The number of nitrogens with one attached hydrogen (secondary N) is 1. The molecule has 0 saturated carbocycles. The molecule has 2 aromatic heterocycles. The third-order valence-electron chi connectivity index (χ3n) is 2.45. The van der Waals surface area contributed by atoms with Gasteiger partial charge in [0.05, 0.1) is 0 Å². The van der Waals surface area contributed by atoms with E-state index < -0.39 is 0 Å². The lowest BCUT2D eigenvalue weighted by molar-refractivity contribution is -0.116. The minimum absolute atomic E-state index is 0.124. The summed E-state index contributed by atoms with van der Waals surface area (Å²) in [6.45, 7) is 2.40. The normalized spacial score (nSPS) is 12.3. The van der Waals surface area contributed by atoms with E-state index in [4.69, 9.17) is 4.74 Å². The van der Waals surface area contributed by atoms with E-state index in [0.29, 0.717) is 18.1 Å². The van der Waals surface area contributed by atoms with Gasteiger partial charge in [-0.1, -0.05) is 11.3 Å². The molecular weight excluding hydrogens is 268 g/mol. The van der Waals surface area contributed by atoms with Gasteiger partial charge in [0.15, 0.2) is 0 Å². The summed E-state index contributed by atoms with van der Waals surface area (Å²) in [5.74, 6) is -0.124.